The molecule has 0 aromatic rings. The Kier molecular flexibility index (Phi) is 51.5. The van der Waals surface area contributed by atoms with Crippen LogP contribution in [0, 0.1) is 0 Å². The van der Waals surface area contributed by atoms with Crippen molar-refractivity contribution in [3.63, 3.8) is 0 Å². The van der Waals surface area contributed by atoms with Crippen LogP contribution in [0.3, 0.4) is 0 Å². The molecule has 0 aromatic heterocycles. The summed E-state index contributed by atoms with van der Waals surface area (Å²) in [6.07, 6.45) is 73.5. The molecule has 6 heteroatoms. The van der Waals surface area contributed by atoms with Gasteiger partial charge in [0, 0.05) is 19.3 Å². The van der Waals surface area contributed by atoms with E-state index < -0.39 is 6.10 Å². The molecular weight excluding hydrogens is 829 g/mol. The summed E-state index contributed by atoms with van der Waals surface area (Å²) in [6, 6.07) is 0. The standard InChI is InChI=1S/C61H100O6/c1-4-7-10-13-16-19-22-25-27-29-31-33-34-36-39-42-45-48-51-54-60(63)66-57-58(56-65-59(62)53-50-47-44-41-38-24-21-18-15-12-9-6-3)67-61(64)55-52-49-46-43-40-37-35-32-30-28-26-23-20-17-14-11-8-5-2/h9,11-12,14,16-23,25-26,28,30,32,35,58H,4-8,10,13,15,24,27,29,31,33-34,36-57H2,1-3H3/b12-9-,14-11-,19-16-,20-17-,21-18-,25-22-,26-23-,30-28-,35-32-. The van der Waals surface area contributed by atoms with Gasteiger partial charge in [0.15, 0.2) is 6.10 Å². The molecule has 0 spiro atoms. The van der Waals surface area contributed by atoms with Gasteiger partial charge >= 0.3 is 17.9 Å². The van der Waals surface area contributed by atoms with Crippen molar-refractivity contribution < 1.29 is 28.6 Å². The molecule has 0 saturated carbocycles. The van der Waals surface area contributed by atoms with E-state index in [1.54, 1.807) is 0 Å². The molecule has 0 aliphatic carbocycles. The molecular formula is C61H100O6. The van der Waals surface area contributed by atoms with Gasteiger partial charge in [0.25, 0.3) is 0 Å². The number of esters is 3. The Labute approximate surface area is 412 Å². The Morgan fingerprint density at radius 3 is 1.10 bits per heavy atom. The van der Waals surface area contributed by atoms with Crippen LogP contribution >= 0.6 is 0 Å². The Morgan fingerprint density at radius 2 is 0.672 bits per heavy atom. The largest absolute Gasteiger partial charge is 0.462 e. The maximum Gasteiger partial charge on any atom is 0.306 e. The van der Waals surface area contributed by atoms with Gasteiger partial charge < -0.3 is 14.2 Å². The number of unbranched alkanes of at least 4 members (excludes halogenated alkanes) is 24. The summed E-state index contributed by atoms with van der Waals surface area (Å²) in [5, 5.41) is 0. The minimum Gasteiger partial charge on any atom is -0.462 e. The SMILES string of the molecule is CC/C=C\C/C=C\CCCCCCCC(=O)OCC(COC(=O)CCCCCCCCCCCC/C=C\C=C/CCCCC)OC(=O)CCCCCCC\C=C/C=C\C=C/C=C\C=C/CCC. The molecule has 0 heterocycles. The summed E-state index contributed by atoms with van der Waals surface area (Å²) in [4.78, 5) is 38.1. The predicted octanol–water partition coefficient (Wildman–Crippen LogP) is 18.3. The van der Waals surface area contributed by atoms with Crippen LogP contribution < -0.4 is 0 Å². The van der Waals surface area contributed by atoms with E-state index in [9.17, 15) is 14.4 Å². The highest BCUT2D eigenvalue weighted by molar-refractivity contribution is 5.71. The van der Waals surface area contributed by atoms with E-state index in [0.717, 1.165) is 116 Å². The highest BCUT2D eigenvalue weighted by atomic mass is 16.6. The van der Waals surface area contributed by atoms with Crippen molar-refractivity contribution in [2.24, 2.45) is 0 Å². The van der Waals surface area contributed by atoms with Crippen molar-refractivity contribution in [2.75, 3.05) is 13.2 Å². The molecule has 0 aliphatic heterocycles. The minimum atomic E-state index is -0.801. The van der Waals surface area contributed by atoms with E-state index in [-0.39, 0.29) is 31.1 Å². The van der Waals surface area contributed by atoms with Gasteiger partial charge in [-0.05, 0) is 89.9 Å². The number of rotatable bonds is 48. The highest BCUT2D eigenvalue weighted by Crippen LogP contribution is 2.14. The zero-order valence-corrected chi connectivity index (χ0v) is 43.4. The lowest BCUT2D eigenvalue weighted by molar-refractivity contribution is -0.167. The minimum absolute atomic E-state index is 0.0968. The second-order valence-corrected chi connectivity index (χ2v) is 17.9. The summed E-state index contributed by atoms with van der Waals surface area (Å²) >= 11 is 0. The molecule has 1 atom stereocenters. The Morgan fingerprint density at radius 1 is 0.328 bits per heavy atom. The Balaban J connectivity index is 4.44. The van der Waals surface area contributed by atoms with Gasteiger partial charge in [-0.3, -0.25) is 14.4 Å². The number of allylic oxidation sites excluding steroid dienone is 18. The normalized spacial score (nSPS) is 12.9. The average molecular weight is 929 g/mol. The molecule has 0 fully saturated rings. The van der Waals surface area contributed by atoms with Crippen molar-refractivity contribution in [1.82, 2.24) is 0 Å². The number of carbonyl (C=O) groups is 3. The van der Waals surface area contributed by atoms with Crippen molar-refractivity contribution in [3.05, 3.63) is 109 Å². The molecule has 380 valence electrons. The number of ether oxygens (including phenoxy) is 3. The average Bonchev–Trinajstić information content (AvgIpc) is 3.33. The summed E-state index contributed by atoms with van der Waals surface area (Å²) < 4.78 is 16.8. The van der Waals surface area contributed by atoms with Gasteiger partial charge in [-0.15, -0.1) is 0 Å². The summed E-state index contributed by atoms with van der Waals surface area (Å²) in [5.74, 6) is -0.943. The molecule has 1 unspecified atom stereocenters. The lowest BCUT2D eigenvalue weighted by atomic mass is 10.1. The van der Waals surface area contributed by atoms with Crippen molar-refractivity contribution >= 4 is 17.9 Å². The zero-order valence-electron chi connectivity index (χ0n) is 43.4. The van der Waals surface area contributed by atoms with Crippen LogP contribution in [0.5, 0.6) is 0 Å². The summed E-state index contributed by atoms with van der Waals surface area (Å²) in [5.41, 5.74) is 0. The van der Waals surface area contributed by atoms with Crippen molar-refractivity contribution in [3.8, 4) is 0 Å². The number of carbonyl (C=O) groups excluding carboxylic acids is 3. The van der Waals surface area contributed by atoms with Gasteiger partial charge in [-0.25, -0.2) is 0 Å². The maximum absolute atomic E-state index is 12.8. The van der Waals surface area contributed by atoms with Crippen LogP contribution in [-0.4, -0.2) is 37.2 Å². The lowest BCUT2D eigenvalue weighted by Gasteiger charge is -2.18. The maximum atomic E-state index is 12.8. The second-order valence-electron chi connectivity index (χ2n) is 17.9. The quantitative estimate of drug-likeness (QED) is 0.0199. The third-order valence-electron chi connectivity index (χ3n) is 11.4. The van der Waals surface area contributed by atoms with E-state index in [2.05, 4.69) is 106 Å². The van der Waals surface area contributed by atoms with Gasteiger partial charge in [0.1, 0.15) is 13.2 Å². The van der Waals surface area contributed by atoms with Crippen LogP contribution in [0.1, 0.15) is 239 Å². The molecule has 0 amide bonds. The first kappa shape index (κ1) is 63.1. The van der Waals surface area contributed by atoms with Gasteiger partial charge in [-0.1, -0.05) is 239 Å². The molecule has 0 aliphatic rings. The van der Waals surface area contributed by atoms with Crippen molar-refractivity contribution in [1.29, 1.82) is 0 Å². The smallest absolute Gasteiger partial charge is 0.306 e. The summed E-state index contributed by atoms with van der Waals surface area (Å²) in [6.45, 7) is 6.37. The molecule has 0 rings (SSSR count). The summed E-state index contributed by atoms with van der Waals surface area (Å²) in [7, 11) is 0. The monoisotopic (exact) mass is 929 g/mol. The fourth-order valence-corrected chi connectivity index (χ4v) is 7.27. The lowest BCUT2D eigenvalue weighted by Crippen LogP contribution is -2.30. The molecule has 67 heavy (non-hydrogen) atoms. The molecule has 6 nitrogen and oxygen atoms in total. The highest BCUT2D eigenvalue weighted by Gasteiger charge is 2.19. The molecule has 0 radical (unpaired) electrons. The second kappa shape index (κ2) is 54.7. The fraction of sp³-hybridized carbons (Fsp3) is 0.656. The van der Waals surface area contributed by atoms with Crippen LogP contribution in [0.2, 0.25) is 0 Å². The molecule has 0 aromatic carbocycles. The van der Waals surface area contributed by atoms with Crippen LogP contribution in [0.4, 0.5) is 0 Å². The number of hydrogen-bond donors (Lipinski definition) is 0. The predicted molar refractivity (Wildman–Crippen MR) is 288 cm³/mol. The van der Waals surface area contributed by atoms with E-state index in [1.165, 1.54) is 83.5 Å². The van der Waals surface area contributed by atoms with Gasteiger partial charge in [0.2, 0.25) is 0 Å². The van der Waals surface area contributed by atoms with E-state index in [0.29, 0.717) is 19.3 Å². The number of hydrogen-bond acceptors (Lipinski definition) is 6. The first-order chi connectivity index (χ1) is 33.0. The van der Waals surface area contributed by atoms with E-state index in [1.807, 2.05) is 24.3 Å². The molecule has 0 bridgehead atoms. The molecule has 0 N–H and O–H groups in total. The first-order valence-electron chi connectivity index (χ1n) is 27.5. The van der Waals surface area contributed by atoms with Crippen molar-refractivity contribution in [2.45, 2.75) is 245 Å². The van der Waals surface area contributed by atoms with Crippen LogP contribution in [-0.2, 0) is 28.6 Å². The van der Waals surface area contributed by atoms with E-state index in [4.69, 9.17) is 14.2 Å². The molecule has 0 saturated heterocycles. The van der Waals surface area contributed by atoms with Gasteiger partial charge in [0.05, 0.1) is 0 Å². The third kappa shape index (κ3) is 52.9. The fourth-order valence-electron chi connectivity index (χ4n) is 7.27. The third-order valence-corrected chi connectivity index (χ3v) is 11.4. The first-order valence-corrected chi connectivity index (χ1v) is 27.5. The van der Waals surface area contributed by atoms with Gasteiger partial charge in [-0.2, -0.15) is 0 Å². The Hall–Kier alpha value is -3.93. The topological polar surface area (TPSA) is 78.9 Å². The van der Waals surface area contributed by atoms with Crippen LogP contribution in [0.15, 0.2) is 109 Å². The van der Waals surface area contributed by atoms with Crippen LogP contribution in [0.25, 0.3) is 0 Å². The Bertz CT molecular complexity index is 1390. The van der Waals surface area contributed by atoms with E-state index >= 15 is 0 Å². The zero-order chi connectivity index (χ0) is 48.6.